The van der Waals surface area contributed by atoms with Gasteiger partial charge >= 0.3 is 0 Å². The fourth-order valence-corrected chi connectivity index (χ4v) is 4.74. The number of hydrogen-bond acceptors (Lipinski definition) is 4. The van der Waals surface area contributed by atoms with Gasteiger partial charge in [0.05, 0.1) is 15.1 Å². The van der Waals surface area contributed by atoms with Crippen LogP contribution in [-0.4, -0.2) is 13.4 Å². The topological polar surface area (TPSA) is 59.1 Å². The second-order valence-electron chi connectivity index (χ2n) is 6.73. The summed E-state index contributed by atoms with van der Waals surface area (Å²) in [6, 6.07) is 22.6. The van der Waals surface area contributed by atoms with Gasteiger partial charge in [0.2, 0.25) is 10.0 Å². The Morgan fingerprint density at radius 1 is 0.931 bits per heavy atom. The lowest BCUT2D eigenvalue weighted by atomic mass is 10.2. The van der Waals surface area contributed by atoms with Gasteiger partial charge in [-0.15, -0.1) is 11.3 Å². The van der Waals surface area contributed by atoms with Gasteiger partial charge in [0.25, 0.3) is 0 Å². The maximum absolute atomic E-state index is 12.5. The first kappa shape index (κ1) is 19.5. The molecule has 0 spiro atoms. The summed E-state index contributed by atoms with van der Waals surface area (Å²) in [5.74, 6) is 0. The first-order valence-electron chi connectivity index (χ1n) is 9.18. The quantitative estimate of drug-likeness (QED) is 0.463. The fourth-order valence-electron chi connectivity index (χ4n) is 2.85. The Hall–Kier alpha value is -2.80. The number of fused-ring (bicyclic) bond motifs is 1. The van der Waals surface area contributed by atoms with Gasteiger partial charge in [-0.3, -0.25) is 0 Å². The number of nitrogens with one attached hydrogen (secondary N) is 1. The first-order chi connectivity index (χ1) is 14.0. The number of aryl methyl sites for hydroxylation is 1. The van der Waals surface area contributed by atoms with E-state index in [9.17, 15) is 8.42 Å². The van der Waals surface area contributed by atoms with E-state index in [2.05, 4.69) is 9.71 Å². The third-order valence-corrected chi connectivity index (χ3v) is 6.92. The summed E-state index contributed by atoms with van der Waals surface area (Å²) >= 11 is 1.63. The van der Waals surface area contributed by atoms with E-state index in [4.69, 9.17) is 0 Å². The van der Waals surface area contributed by atoms with E-state index in [1.807, 2.05) is 67.6 Å². The van der Waals surface area contributed by atoms with Gasteiger partial charge in [0.1, 0.15) is 5.01 Å². The number of aromatic nitrogens is 1. The molecule has 4 nitrogen and oxygen atoms in total. The van der Waals surface area contributed by atoms with Crippen LogP contribution in [0.25, 0.3) is 22.4 Å². The van der Waals surface area contributed by atoms with Crippen molar-refractivity contribution in [1.82, 2.24) is 9.71 Å². The van der Waals surface area contributed by atoms with Crippen LogP contribution in [0.1, 0.15) is 21.7 Å². The number of thiazole rings is 1. The smallest absolute Gasteiger partial charge is 0.237 e. The van der Waals surface area contributed by atoms with Crippen molar-refractivity contribution in [2.45, 2.75) is 18.4 Å². The Labute approximate surface area is 174 Å². The average Bonchev–Trinajstić information content (AvgIpc) is 3.15. The average molecular weight is 421 g/mol. The summed E-state index contributed by atoms with van der Waals surface area (Å²) in [5.41, 5.74) is 3.97. The summed E-state index contributed by atoms with van der Waals surface area (Å²) in [7, 11) is -3.55. The highest BCUT2D eigenvalue weighted by atomic mass is 32.2. The Bertz CT molecular complexity index is 1220. The molecule has 3 aromatic carbocycles. The fraction of sp³-hybridized carbons (Fsp3) is 0.0870. The third-order valence-electron chi connectivity index (χ3n) is 4.51. The molecule has 1 aromatic heterocycles. The van der Waals surface area contributed by atoms with E-state index in [0.717, 1.165) is 31.9 Å². The molecule has 0 atom stereocenters. The minimum atomic E-state index is -3.55. The summed E-state index contributed by atoms with van der Waals surface area (Å²) in [4.78, 5) is 4.82. The molecule has 0 radical (unpaired) electrons. The van der Waals surface area contributed by atoms with Gasteiger partial charge in [-0.05, 0) is 48.4 Å². The van der Waals surface area contributed by atoms with Crippen molar-refractivity contribution < 1.29 is 8.42 Å². The minimum Gasteiger partial charge on any atom is -0.237 e. The summed E-state index contributed by atoms with van der Waals surface area (Å²) in [5, 5.41) is 0.919. The monoisotopic (exact) mass is 420 g/mol. The number of nitrogens with zero attached hydrogens (tertiary/aromatic N) is 1. The molecule has 6 heteroatoms. The van der Waals surface area contributed by atoms with Crippen molar-refractivity contribution in [3.63, 3.8) is 0 Å². The minimum absolute atomic E-state index is 0.252. The molecule has 0 aliphatic carbocycles. The van der Waals surface area contributed by atoms with E-state index in [1.165, 1.54) is 0 Å². The van der Waals surface area contributed by atoms with Crippen LogP contribution in [0, 0.1) is 6.92 Å². The van der Waals surface area contributed by atoms with E-state index in [1.54, 1.807) is 35.6 Å². The first-order valence-corrected chi connectivity index (χ1v) is 11.5. The van der Waals surface area contributed by atoms with Crippen LogP contribution in [0.3, 0.4) is 0 Å². The van der Waals surface area contributed by atoms with Crippen LogP contribution in [-0.2, 0) is 16.6 Å². The lowest BCUT2D eigenvalue weighted by Crippen LogP contribution is -2.23. The molecule has 29 heavy (non-hydrogen) atoms. The zero-order chi connectivity index (χ0) is 20.3. The van der Waals surface area contributed by atoms with Crippen molar-refractivity contribution in [3.05, 3.63) is 94.5 Å². The molecule has 0 saturated carbocycles. The number of hydrogen-bond donors (Lipinski definition) is 1. The molecule has 0 amide bonds. The van der Waals surface area contributed by atoms with Crippen LogP contribution in [0.5, 0.6) is 0 Å². The standard InChI is InChI=1S/C23H20N2O2S2/c1-17-6-8-19(9-7-17)16-24-29(26,27)20-13-10-18(11-14-20)12-15-23-25-21-4-2-3-5-22(21)28-23/h2-15,24H,16H2,1H3/b15-12+. The maximum Gasteiger partial charge on any atom is 0.240 e. The molecule has 0 saturated heterocycles. The van der Waals surface area contributed by atoms with Crippen LogP contribution in [0.2, 0.25) is 0 Å². The highest BCUT2D eigenvalue weighted by Crippen LogP contribution is 2.23. The van der Waals surface area contributed by atoms with Crippen LogP contribution in [0.4, 0.5) is 0 Å². The van der Waals surface area contributed by atoms with Gasteiger partial charge in [0.15, 0.2) is 0 Å². The van der Waals surface area contributed by atoms with Crippen LogP contribution in [0.15, 0.2) is 77.7 Å². The molecule has 0 aliphatic rings. The second-order valence-corrected chi connectivity index (χ2v) is 9.56. The predicted molar refractivity (Wildman–Crippen MR) is 120 cm³/mol. The highest BCUT2D eigenvalue weighted by molar-refractivity contribution is 7.89. The zero-order valence-corrected chi connectivity index (χ0v) is 17.5. The maximum atomic E-state index is 12.5. The van der Waals surface area contributed by atoms with Gasteiger partial charge in [0, 0.05) is 6.54 Å². The van der Waals surface area contributed by atoms with Crippen LogP contribution >= 0.6 is 11.3 Å². The molecule has 4 rings (SSSR count). The lowest BCUT2D eigenvalue weighted by molar-refractivity contribution is 0.581. The molecule has 4 aromatic rings. The van der Waals surface area contributed by atoms with Gasteiger partial charge in [-0.1, -0.05) is 60.2 Å². The molecule has 0 unspecified atom stereocenters. The van der Waals surface area contributed by atoms with Crippen molar-refractivity contribution in [1.29, 1.82) is 0 Å². The molecule has 1 N–H and O–H groups in total. The molecule has 146 valence electrons. The van der Waals surface area contributed by atoms with Gasteiger partial charge in [-0.2, -0.15) is 0 Å². The highest BCUT2D eigenvalue weighted by Gasteiger charge is 2.13. The molecule has 1 heterocycles. The molecular formula is C23H20N2O2S2. The normalized spacial score (nSPS) is 12.0. The van der Waals surface area contributed by atoms with E-state index >= 15 is 0 Å². The Balaban J connectivity index is 1.44. The molecule has 0 aliphatic heterocycles. The molecule has 0 bridgehead atoms. The van der Waals surface area contributed by atoms with E-state index in [0.29, 0.717) is 0 Å². The summed E-state index contributed by atoms with van der Waals surface area (Å²) < 4.78 is 28.8. The van der Waals surface area contributed by atoms with Gasteiger partial charge in [-0.25, -0.2) is 18.1 Å². The molecule has 0 fully saturated rings. The molecular weight excluding hydrogens is 400 g/mol. The predicted octanol–water partition coefficient (Wildman–Crippen LogP) is 5.25. The van der Waals surface area contributed by atoms with Crippen molar-refractivity contribution in [2.24, 2.45) is 0 Å². The van der Waals surface area contributed by atoms with E-state index < -0.39 is 10.0 Å². The van der Waals surface area contributed by atoms with Crippen LogP contribution < -0.4 is 4.72 Å². The third kappa shape index (κ3) is 4.79. The van der Waals surface area contributed by atoms with Crippen molar-refractivity contribution in [2.75, 3.05) is 0 Å². The number of sulfonamides is 1. The lowest BCUT2D eigenvalue weighted by Gasteiger charge is -2.07. The largest absolute Gasteiger partial charge is 0.240 e. The summed E-state index contributed by atoms with van der Waals surface area (Å²) in [6.45, 7) is 2.27. The SMILES string of the molecule is Cc1ccc(CNS(=O)(=O)c2ccc(/C=C/c3nc4ccccc4s3)cc2)cc1. The Morgan fingerprint density at radius 2 is 1.66 bits per heavy atom. The van der Waals surface area contributed by atoms with Gasteiger partial charge < -0.3 is 0 Å². The van der Waals surface area contributed by atoms with Crippen molar-refractivity contribution >= 4 is 43.7 Å². The zero-order valence-electron chi connectivity index (χ0n) is 15.9. The Kier molecular flexibility index (Phi) is 5.58. The van der Waals surface area contributed by atoms with E-state index in [-0.39, 0.29) is 11.4 Å². The number of benzene rings is 3. The number of para-hydroxylation sites is 1. The Morgan fingerprint density at radius 3 is 2.38 bits per heavy atom. The number of rotatable bonds is 6. The van der Waals surface area contributed by atoms with Crippen molar-refractivity contribution in [3.8, 4) is 0 Å². The second kappa shape index (κ2) is 8.29. The summed E-state index contributed by atoms with van der Waals surface area (Å²) in [6.07, 6.45) is 3.89.